The molecule has 14 heavy (non-hydrogen) atoms. The van der Waals surface area contributed by atoms with Gasteiger partial charge in [0.15, 0.2) is 0 Å². The molecule has 0 spiro atoms. The van der Waals surface area contributed by atoms with Crippen LogP contribution in [0.2, 0.25) is 0 Å². The molecule has 1 heterocycles. The van der Waals surface area contributed by atoms with E-state index in [1.807, 2.05) is 13.8 Å². The summed E-state index contributed by atoms with van der Waals surface area (Å²) < 4.78 is 14.8. The SMILES string of the molecule is CC.COCCCOCc1ccon1. The van der Waals surface area contributed by atoms with E-state index >= 15 is 0 Å². The minimum Gasteiger partial charge on any atom is -0.385 e. The molecule has 0 aliphatic rings. The van der Waals surface area contributed by atoms with Crippen molar-refractivity contribution in [1.82, 2.24) is 5.16 Å². The molecule has 0 amide bonds. The lowest BCUT2D eigenvalue weighted by atomic mass is 10.4. The second-order valence-electron chi connectivity index (χ2n) is 2.39. The van der Waals surface area contributed by atoms with E-state index in [0.29, 0.717) is 13.2 Å². The van der Waals surface area contributed by atoms with Crippen LogP contribution >= 0.6 is 0 Å². The lowest BCUT2D eigenvalue weighted by molar-refractivity contribution is 0.0895. The number of aromatic nitrogens is 1. The van der Waals surface area contributed by atoms with E-state index in [2.05, 4.69) is 9.68 Å². The first-order valence-electron chi connectivity index (χ1n) is 4.89. The Labute approximate surface area is 85.2 Å². The lowest BCUT2D eigenvalue weighted by Crippen LogP contribution is -1.99. The molecule has 0 atom stereocenters. The van der Waals surface area contributed by atoms with E-state index in [-0.39, 0.29) is 0 Å². The van der Waals surface area contributed by atoms with Gasteiger partial charge in [-0.1, -0.05) is 19.0 Å². The minimum absolute atomic E-state index is 0.514. The fourth-order valence-corrected chi connectivity index (χ4v) is 0.794. The summed E-state index contributed by atoms with van der Waals surface area (Å²) in [5.41, 5.74) is 0.826. The van der Waals surface area contributed by atoms with Crippen LogP contribution in [0.1, 0.15) is 26.0 Å². The Hall–Kier alpha value is -0.870. The number of methoxy groups -OCH3 is 1. The maximum Gasteiger partial charge on any atom is 0.124 e. The highest BCUT2D eigenvalue weighted by Gasteiger charge is 1.95. The van der Waals surface area contributed by atoms with Crippen LogP contribution in [0.4, 0.5) is 0 Å². The van der Waals surface area contributed by atoms with Gasteiger partial charge in [0.1, 0.15) is 12.0 Å². The molecular weight excluding hydrogens is 182 g/mol. The van der Waals surface area contributed by atoms with Gasteiger partial charge in [0.25, 0.3) is 0 Å². The second kappa shape index (κ2) is 10.2. The molecule has 1 aromatic rings. The van der Waals surface area contributed by atoms with Gasteiger partial charge < -0.3 is 14.0 Å². The van der Waals surface area contributed by atoms with Gasteiger partial charge in [-0.05, 0) is 6.42 Å². The molecule has 0 bridgehead atoms. The molecule has 4 heteroatoms. The Bertz CT molecular complexity index is 187. The van der Waals surface area contributed by atoms with Crippen molar-refractivity contribution in [3.8, 4) is 0 Å². The summed E-state index contributed by atoms with van der Waals surface area (Å²) in [5, 5.41) is 3.70. The Morgan fingerprint density at radius 1 is 1.36 bits per heavy atom. The fourth-order valence-electron chi connectivity index (χ4n) is 0.794. The molecule has 1 rings (SSSR count). The van der Waals surface area contributed by atoms with Crippen LogP contribution in [0.5, 0.6) is 0 Å². The first-order valence-corrected chi connectivity index (χ1v) is 4.89. The third-order valence-corrected chi connectivity index (χ3v) is 1.38. The Morgan fingerprint density at radius 3 is 2.71 bits per heavy atom. The zero-order chi connectivity index (χ0) is 10.6. The first kappa shape index (κ1) is 13.1. The fraction of sp³-hybridized carbons (Fsp3) is 0.700. The van der Waals surface area contributed by atoms with Crippen molar-refractivity contribution in [2.24, 2.45) is 0 Å². The highest BCUT2D eigenvalue weighted by Crippen LogP contribution is 1.97. The monoisotopic (exact) mass is 201 g/mol. The third kappa shape index (κ3) is 6.62. The number of rotatable bonds is 6. The Kier molecular flexibility index (Phi) is 9.58. The summed E-state index contributed by atoms with van der Waals surface area (Å²) >= 11 is 0. The first-order chi connectivity index (χ1) is 6.93. The molecular formula is C10H19NO3. The largest absolute Gasteiger partial charge is 0.385 e. The van der Waals surface area contributed by atoms with Gasteiger partial charge in [-0.2, -0.15) is 0 Å². The van der Waals surface area contributed by atoms with Crippen molar-refractivity contribution in [2.75, 3.05) is 20.3 Å². The standard InChI is InChI=1S/C8H13NO3.C2H6/c1-10-4-2-5-11-7-8-3-6-12-9-8;1-2/h3,6H,2,4-5,7H2,1H3;1-2H3. The average molecular weight is 201 g/mol. The molecule has 0 saturated carbocycles. The van der Waals surface area contributed by atoms with Crippen molar-refractivity contribution in [3.63, 3.8) is 0 Å². The average Bonchev–Trinajstić information content (AvgIpc) is 2.74. The van der Waals surface area contributed by atoms with Crippen LogP contribution < -0.4 is 0 Å². The molecule has 82 valence electrons. The molecule has 0 fully saturated rings. The van der Waals surface area contributed by atoms with Gasteiger partial charge in [-0.25, -0.2) is 0 Å². The number of hydrogen-bond donors (Lipinski definition) is 0. The smallest absolute Gasteiger partial charge is 0.124 e. The molecule has 0 saturated heterocycles. The topological polar surface area (TPSA) is 44.5 Å². The normalized spacial score (nSPS) is 9.36. The van der Waals surface area contributed by atoms with E-state index < -0.39 is 0 Å². The number of hydrogen-bond acceptors (Lipinski definition) is 4. The van der Waals surface area contributed by atoms with Gasteiger partial charge >= 0.3 is 0 Å². The van der Waals surface area contributed by atoms with E-state index in [9.17, 15) is 0 Å². The van der Waals surface area contributed by atoms with Crippen molar-refractivity contribution in [3.05, 3.63) is 18.0 Å². The highest BCUT2D eigenvalue weighted by molar-refractivity contribution is 4.92. The van der Waals surface area contributed by atoms with Gasteiger partial charge in [0.2, 0.25) is 0 Å². The molecule has 0 aromatic carbocycles. The second-order valence-corrected chi connectivity index (χ2v) is 2.39. The van der Waals surface area contributed by atoms with E-state index in [0.717, 1.165) is 18.7 Å². The molecule has 0 aliphatic carbocycles. The molecule has 1 aromatic heterocycles. The summed E-state index contributed by atoms with van der Waals surface area (Å²) in [6.07, 6.45) is 2.45. The molecule has 0 unspecified atom stereocenters. The predicted octanol–water partition coefficient (Wildman–Crippen LogP) is 2.25. The van der Waals surface area contributed by atoms with Crippen molar-refractivity contribution >= 4 is 0 Å². The zero-order valence-electron chi connectivity index (χ0n) is 9.16. The van der Waals surface area contributed by atoms with E-state index in [1.165, 1.54) is 6.26 Å². The van der Waals surface area contributed by atoms with Gasteiger partial charge in [-0.3, -0.25) is 0 Å². The van der Waals surface area contributed by atoms with Gasteiger partial charge in [0.05, 0.1) is 6.61 Å². The summed E-state index contributed by atoms with van der Waals surface area (Å²) in [6.45, 7) is 5.94. The van der Waals surface area contributed by atoms with Gasteiger partial charge in [-0.15, -0.1) is 0 Å². The Morgan fingerprint density at radius 2 is 2.14 bits per heavy atom. The van der Waals surface area contributed by atoms with Crippen molar-refractivity contribution in [2.45, 2.75) is 26.9 Å². The van der Waals surface area contributed by atoms with E-state index in [1.54, 1.807) is 13.2 Å². The molecule has 0 N–H and O–H groups in total. The van der Waals surface area contributed by atoms with Crippen molar-refractivity contribution in [1.29, 1.82) is 0 Å². The summed E-state index contributed by atoms with van der Waals surface area (Å²) in [7, 11) is 1.68. The van der Waals surface area contributed by atoms with Crippen LogP contribution in [0.3, 0.4) is 0 Å². The zero-order valence-corrected chi connectivity index (χ0v) is 9.16. The number of ether oxygens (including phenoxy) is 2. The lowest BCUT2D eigenvalue weighted by Gasteiger charge is -1.99. The molecule has 4 nitrogen and oxygen atoms in total. The summed E-state index contributed by atoms with van der Waals surface area (Å²) in [5.74, 6) is 0. The predicted molar refractivity (Wildman–Crippen MR) is 54.0 cm³/mol. The van der Waals surface area contributed by atoms with Gasteiger partial charge in [0, 0.05) is 26.4 Å². The summed E-state index contributed by atoms with van der Waals surface area (Å²) in [6, 6.07) is 1.79. The van der Waals surface area contributed by atoms with Crippen LogP contribution in [0.25, 0.3) is 0 Å². The third-order valence-electron chi connectivity index (χ3n) is 1.38. The summed E-state index contributed by atoms with van der Waals surface area (Å²) in [4.78, 5) is 0. The van der Waals surface area contributed by atoms with Crippen LogP contribution in [0.15, 0.2) is 16.9 Å². The molecule has 0 radical (unpaired) electrons. The minimum atomic E-state index is 0.514. The van der Waals surface area contributed by atoms with Crippen LogP contribution in [-0.4, -0.2) is 25.5 Å². The Balaban J connectivity index is 0.000000791. The van der Waals surface area contributed by atoms with Crippen molar-refractivity contribution < 1.29 is 14.0 Å². The highest BCUT2D eigenvalue weighted by atomic mass is 16.5. The maximum absolute atomic E-state index is 5.28. The quantitative estimate of drug-likeness (QED) is 0.662. The van der Waals surface area contributed by atoms with E-state index in [4.69, 9.17) is 9.47 Å². The maximum atomic E-state index is 5.28. The number of nitrogens with zero attached hydrogens (tertiary/aromatic N) is 1. The van der Waals surface area contributed by atoms with Crippen LogP contribution in [0, 0.1) is 0 Å². The van der Waals surface area contributed by atoms with Crippen LogP contribution in [-0.2, 0) is 16.1 Å². The molecule has 0 aliphatic heterocycles.